The molecule has 1 atom stereocenters. The summed E-state index contributed by atoms with van der Waals surface area (Å²) in [6.45, 7) is 3.54. The summed E-state index contributed by atoms with van der Waals surface area (Å²) in [5.74, 6) is 1.49. The van der Waals surface area contributed by atoms with E-state index in [0.29, 0.717) is 13.1 Å². The molecule has 0 radical (unpaired) electrons. The van der Waals surface area contributed by atoms with Crippen molar-refractivity contribution >= 4 is 0 Å². The minimum atomic E-state index is -0.528. The molecule has 0 spiro atoms. The number of rotatable bonds is 6. The van der Waals surface area contributed by atoms with Gasteiger partial charge < -0.3 is 15.5 Å². The highest BCUT2D eigenvalue weighted by Crippen LogP contribution is 2.31. The van der Waals surface area contributed by atoms with E-state index in [1.807, 2.05) is 0 Å². The SMILES string of the molecule is CC1CCC(O)(CNCC(O)CC2CCCC2)CC1. The van der Waals surface area contributed by atoms with E-state index in [1.165, 1.54) is 25.7 Å². The van der Waals surface area contributed by atoms with Crippen LogP contribution in [0.4, 0.5) is 0 Å². The number of hydrogen-bond acceptors (Lipinski definition) is 3. The lowest BCUT2D eigenvalue weighted by molar-refractivity contribution is -0.00840. The zero-order valence-corrected chi connectivity index (χ0v) is 12.4. The Balaban J connectivity index is 1.59. The van der Waals surface area contributed by atoms with Crippen molar-refractivity contribution in [2.24, 2.45) is 11.8 Å². The van der Waals surface area contributed by atoms with E-state index in [2.05, 4.69) is 12.2 Å². The molecular weight excluding hydrogens is 238 g/mol. The zero-order valence-electron chi connectivity index (χ0n) is 12.4. The molecule has 0 aromatic carbocycles. The largest absolute Gasteiger partial charge is 0.392 e. The second-order valence-electron chi connectivity index (χ2n) is 7.08. The second-order valence-corrected chi connectivity index (χ2v) is 7.08. The molecule has 2 saturated carbocycles. The maximum absolute atomic E-state index is 10.4. The Kier molecular flexibility index (Phi) is 5.67. The normalized spacial score (nSPS) is 34.6. The van der Waals surface area contributed by atoms with E-state index in [1.54, 1.807) is 0 Å². The average Bonchev–Trinajstić information content (AvgIpc) is 2.86. The standard InChI is InChI=1S/C16H31NO2/c1-13-6-8-16(19,9-7-13)12-17-11-15(18)10-14-4-2-3-5-14/h13-15,17-19H,2-12H2,1H3. The van der Waals surface area contributed by atoms with Gasteiger partial charge in [0.1, 0.15) is 0 Å². The van der Waals surface area contributed by atoms with Crippen molar-refractivity contribution in [3.05, 3.63) is 0 Å². The smallest absolute Gasteiger partial charge is 0.0771 e. The summed E-state index contributed by atoms with van der Waals surface area (Å²) < 4.78 is 0. The van der Waals surface area contributed by atoms with Crippen LogP contribution in [-0.4, -0.2) is 35.0 Å². The molecule has 3 heteroatoms. The van der Waals surface area contributed by atoms with Crippen molar-refractivity contribution in [2.45, 2.75) is 76.4 Å². The second kappa shape index (κ2) is 7.05. The van der Waals surface area contributed by atoms with E-state index in [4.69, 9.17) is 0 Å². The van der Waals surface area contributed by atoms with Gasteiger partial charge in [-0.25, -0.2) is 0 Å². The van der Waals surface area contributed by atoms with Crippen LogP contribution in [0.15, 0.2) is 0 Å². The van der Waals surface area contributed by atoms with Gasteiger partial charge in [-0.3, -0.25) is 0 Å². The lowest BCUT2D eigenvalue weighted by Gasteiger charge is -2.35. The van der Waals surface area contributed by atoms with Crippen LogP contribution in [-0.2, 0) is 0 Å². The first-order chi connectivity index (χ1) is 9.07. The van der Waals surface area contributed by atoms with Gasteiger partial charge >= 0.3 is 0 Å². The summed E-state index contributed by atoms with van der Waals surface area (Å²) in [4.78, 5) is 0. The Morgan fingerprint density at radius 3 is 2.42 bits per heavy atom. The number of aliphatic hydroxyl groups excluding tert-OH is 1. The summed E-state index contributed by atoms with van der Waals surface area (Å²) in [6.07, 6.45) is 10.0. The molecule has 19 heavy (non-hydrogen) atoms. The fraction of sp³-hybridized carbons (Fsp3) is 1.00. The van der Waals surface area contributed by atoms with Gasteiger partial charge in [-0.2, -0.15) is 0 Å². The van der Waals surface area contributed by atoms with Crippen LogP contribution in [0.1, 0.15) is 64.7 Å². The van der Waals surface area contributed by atoms with Gasteiger partial charge in [-0.15, -0.1) is 0 Å². The summed E-state index contributed by atoms with van der Waals surface area (Å²) >= 11 is 0. The highest BCUT2D eigenvalue weighted by Gasteiger charge is 2.31. The first-order valence-electron chi connectivity index (χ1n) is 8.18. The van der Waals surface area contributed by atoms with Crippen molar-refractivity contribution in [3.8, 4) is 0 Å². The minimum Gasteiger partial charge on any atom is -0.392 e. The quantitative estimate of drug-likeness (QED) is 0.694. The maximum Gasteiger partial charge on any atom is 0.0771 e. The Morgan fingerprint density at radius 2 is 1.79 bits per heavy atom. The van der Waals surface area contributed by atoms with Crippen LogP contribution in [0, 0.1) is 11.8 Å². The summed E-state index contributed by atoms with van der Waals surface area (Å²) in [7, 11) is 0. The highest BCUT2D eigenvalue weighted by molar-refractivity contribution is 4.86. The van der Waals surface area contributed by atoms with E-state index >= 15 is 0 Å². The molecule has 0 aromatic heterocycles. The molecule has 0 saturated heterocycles. The molecule has 0 aliphatic heterocycles. The van der Waals surface area contributed by atoms with E-state index in [-0.39, 0.29) is 6.10 Å². The van der Waals surface area contributed by atoms with E-state index in [9.17, 15) is 10.2 Å². The number of aliphatic hydroxyl groups is 2. The lowest BCUT2D eigenvalue weighted by atomic mass is 9.79. The number of nitrogens with one attached hydrogen (secondary N) is 1. The minimum absolute atomic E-state index is 0.241. The van der Waals surface area contributed by atoms with Crippen LogP contribution in [0.2, 0.25) is 0 Å². The predicted octanol–water partition coefficient (Wildman–Crippen LogP) is 2.46. The third kappa shape index (κ3) is 5.05. The predicted molar refractivity (Wildman–Crippen MR) is 78.0 cm³/mol. The first-order valence-corrected chi connectivity index (χ1v) is 8.18. The molecule has 1 unspecified atom stereocenters. The summed E-state index contributed by atoms with van der Waals surface area (Å²) in [5.41, 5.74) is -0.528. The Morgan fingerprint density at radius 1 is 1.16 bits per heavy atom. The molecule has 0 bridgehead atoms. The molecule has 3 nitrogen and oxygen atoms in total. The molecular formula is C16H31NO2. The van der Waals surface area contributed by atoms with Gasteiger partial charge in [0.25, 0.3) is 0 Å². The van der Waals surface area contributed by atoms with Crippen molar-refractivity contribution < 1.29 is 10.2 Å². The average molecular weight is 269 g/mol. The molecule has 2 rings (SSSR count). The molecule has 112 valence electrons. The monoisotopic (exact) mass is 269 g/mol. The number of hydrogen-bond donors (Lipinski definition) is 3. The van der Waals surface area contributed by atoms with Crippen LogP contribution < -0.4 is 5.32 Å². The van der Waals surface area contributed by atoms with E-state index in [0.717, 1.165) is 43.9 Å². The first kappa shape index (κ1) is 15.3. The van der Waals surface area contributed by atoms with Crippen LogP contribution in [0.5, 0.6) is 0 Å². The third-order valence-corrected chi connectivity index (χ3v) is 5.12. The van der Waals surface area contributed by atoms with Gasteiger partial charge in [0.15, 0.2) is 0 Å². The highest BCUT2D eigenvalue weighted by atomic mass is 16.3. The van der Waals surface area contributed by atoms with Gasteiger partial charge in [0, 0.05) is 13.1 Å². The Bertz CT molecular complexity index is 255. The van der Waals surface area contributed by atoms with Crippen LogP contribution in [0.3, 0.4) is 0 Å². The molecule has 0 amide bonds. The Hall–Kier alpha value is -0.120. The van der Waals surface area contributed by atoms with Crippen molar-refractivity contribution in [1.82, 2.24) is 5.32 Å². The van der Waals surface area contributed by atoms with Crippen LogP contribution >= 0.6 is 0 Å². The fourth-order valence-electron chi connectivity index (χ4n) is 3.66. The molecule has 3 N–H and O–H groups in total. The van der Waals surface area contributed by atoms with Crippen molar-refractivity contribution in [2.75, 3.05) is 13.1 Å². The molecule has 2 aliphatic rings. The van der Waals surface area contributed by atoms with E-state index < -0.39 is 5.60 Å². The van der Waals surface area contributed by atoms with Crippen molar-refractivity contribution in [3.63, 3.8) is 0 Å². The third-order valence-electron chi connectivity index (χ3n) is 5.12. The molecule has 2 fully saturated rings. The summed E-state index contributed by atoms with van der Waals surface area (Å²) in [5, 5.41) is 23.7. The van der Waals surface area contributed by atoms with Gasteiger partial charge in [0.2, 0.25) is 0 Å². The topological polar surface area (TPSA) is 52.5 Å². The lowest BCUT2D eigenvalue weighted by Crippen LogP contribution is -2.45. The molecule has 2 aliphatic carbocycles. The fourth-order valence-corrected chi connectivity index (χ4v) is 3.66. The molecule has 0 aromatic rings. The van der Waals surface area contributed by atoms with Gasteiger partial charge in [0.05, 0.1) is 11.7 Å². The molecule has 0 heterocycles. The summed E-state index contributed by atoms with van der Waals surface area (Å²) in [6, 6.07) is 0. The Labute approximate surface area is 117 Å². The van der Waals surface area contributed by atoms with Crippen molar-refractivity contribution in [1.29, 1.82) is 0 Å². The van der Waals surface area contributed by atoms with Crippen LogP contribution in [0.25, 0.3) is 0 Å². The zero-order chi connectivity index (χ0) is 13.7. The maximum atomic E-state index is 10.4. The van der Waals surface area contributed by atoms with Gasteiger partial charge in [-0.05, 0) is 43.9 Å². The van der Waals surface area contributed by atoms with Gasteiger partial charge in [-0.1, -0.05) is 32.6 Å².